The summed E-state index contributed by atoms with van der Waals surface area (Å²) in [5, 5.41) is 22.2. The number of rotatable bonds is 1. The zero-order chi connectivity index (χ0) is 20.1. The molecule has 0 bridgehead atoms. The maximum atomic E-state index is 14.6. The number of fused-ring (bicyclic) bond motifs is 3. The lowest BCUT2D eigenvalue weighted by Crippen LogP contribution is -2.34. The predicted molar refractivity (Wildman–Crippen MR) is 99.1 cm³/mol. The summed E-state index contributed by atoms with van der Waals surface area (Å²) >= 11 is 5.95. The van der Waals surface area contributed by atoms with E-state index in [0.29, 0.717) is 4.73 Å². The minimum atomic E-state index is -0.825. The van der Waals surface area contributed by atoms with E-state index in [1.165, 1.54) is 13.1 Å². The van der Waals surface area contributed by atoms with E-state index < -0.39 is 17.5 Å². The zero-order valence-corrected chi connectivity index (χ0v) is 15.8. The van der Waals surface area contributed by atoms with Crippen molar-refractivity contribution in [3.63, 3.8) is 0 Å². The van der Waals surface area contributed by atoms with Crippen LogP contribution in [0.4, 0.5) is 14.9 Å². The summed E-state index contributed by atoms with van der Waals surface area (Å²) in [6.45, 7) is 5.12. The average Bonchev–Trinajstić information content (AvgIpc) is 2.91. The van der Waals surface area contributed by atoms with Crippen LogP contribution in [0.1, 0.15) is 26.3 Å². The molecule has 1 N–H and O–H groups in total. The number of amides is 1. The van der Waals surface area contributed by atoms with Gasteiger partial charge in [-0.3, -0.25) is 4.90 Å². The Bertz CT molecular complexity index is 1130. The monoisotopic (exact) mass is 390 g/mol. The molecule has 140 valence electrons. The molecule has 0 spiro atoms. The van der Waals surface area contributed by atoms with Gasteiger partial charge in [-0.1, -0.05) is 11.6 Å². The molecule has 0 aliphatic carbocycles. The summed E-state index contributed by atoms with van der Waals surface area (Å²) in [6.07, 6.45) is 0.429. The van der Waals surface area contributed by atoms with Gasteiger partial charge >= 0.3 is 6.09 Å². The largest absolute Gasteiger partial charge is 0.711 e. The highest BCUT2D eigenvalue weighted by atomic mass is 35.5. The molecule has 0 fully saturated rings. The minimum Gasteiger partial charge on any atom is -0.711 e. The van der Waals surface area contributed by atoms with E-state index in [4.69, 9.17) is 16.3 Å². The van der Waals surface area contributed by atoms with Gasteiger partial charge in [0.1, 0.15) is 29.2 Å². The number of carbonyl (C=O) groups is 1. The fraction of sp³-hybridized carbons (Fsp3) is 0.278. The lowest BCUT2D eigenvalue weighted by molar-refractivity contribution is -0.578. The molecule has 1 amide bonds. The molecule has 0 saturated carbocycles. The van der Waals surface area contributed by atoms with Gasteiger partial charge in [0, 0.05) is 13.1 Å². The number of hydrogen-bond donors (Lipinski definition) is 1. The summed E-state index contributed by atoms with van der Waals surface area (Å²) in [6, 6.07) is 4.32. The van der Waals surface area contributed by atoms with Crippen molar-refractivity contribution in [3.05, 3.63) is 39.9 Å². The summed E-state index contributed by atoms with van der Waals surface area (Å²) < 4.78 is 20.4. The Hall–Kier alpha value is -3.05. The van der Waals surface area contributed by atoms with Gasteiger partial charge in [-0.05, 0) is 26.8 Å². The van der Waals surface area contributed by atoms with E-state index >= 15 is 0 Å². The number of ether oxygens (including phenoxy) is 1. The summed E-state index contributed by atoms with van der Waals surface area (Å²) in [4.78, 5) is 16.4. The van der Waals surface area contributed by atoms with Crippen molar-refractivity contribution in [3.8, 4) is 6.07 Å². The first-order valence-corrected chi connectivity index (χ1v) is 8.34. The number of anilines is 1. The molecule has 3 rings (SSSR count). The fourth-order valence-electron chi connectivity index (χ4n) is 2.81. The maximum Gasteiger partial charge on any atom is 0.414 e. The van der Waals surface area contributed by atoms with Gasteiger partial charge in [0.2, 0.25) is 0 Å². The Labute approximate surface area is 159 Å². The van der Waals surface area contributed by atoms with Crippen molar-refractivity contribution in [2.45, 2.75) is 26.4 Å². The number of aromatic amines is 1. The number of pyridine rings is 1. The second-order valence-corrected chi connectivity index (χ2v) is 7.46. The van der Waals surface area contributed by atoms with Crippen LogP contribution in [0.3, 0.4) is 0 Å². The smallest absolute Gasteiger partial charge is 0.414 e. The first-order chi connectivity index (χ1) is 12.5. The first-order valence-electron chi connectivity index (χ1n) is 7.97. The highest BCUT2D eigenvalue weighted by Crippen LogP contribution is 2.36. The van der Waals surface area contributed by atoms with Crippen LogP contribution in [0.25, 0.3) is 21.9 Å². The Morgan fingerprint density at radius 1 is 1.44 bits per heavy atom. The minimum absolute atomic E-state index is 0.0929. The fourth-order valence-corrected chi connectivity index (χ4v) is 3.00. The van der Waals surface area contributed by atoms with Crippen molar-refractivity contribution in [2.24, 2.45) is 0 Å². The highest BCUT2D eigenvalue weighted by molar-refractivity contribution is 6.31. The topological polar surface area (TPSA) is 96.1 Å². The van der Waals surface area contributed by atoms with Crippen molar-refractivity contribution in [2.75, 3.05) is 11.9 Å². The van der Waals surface area contributed by atoms with Gasteiger partial charge in [0.15, 0.2) is 5.52 Å². The molecule has 0 aliphatic rings. The Morgan fingerprint density at radius 3 is 2.70 bits per heavy atom. The van der Waals surface area contributed by atoms with Gasteiger partial charge in [0.05, 0.1) is 21.5 Å². The van der Waals surface area contributed by atoms with Crippen LogP contribution in [0.15, 0.2) is 18.3 Å². The lowest BCUT2D eigenvalue weighted by atomic mass is 10.1. The van der Waals surface area contributed by atoms with Crippen LogP contribution in [-0.4, -0.2) is 23.7 Å². The molecular weight excluding hydrogens is 375 g/mol. The summed E-state index contributed by atoms with van der Waals surface area (Å²) in [5.41, 5.74) is -0.525. The Balaban J connectivity index is 2.34. The summed E-state index contributed by atoms with van der Waals surface area (Å²) in [5.74, 6) is -0.825. The zero-order valence-electron chi connectivity index (χ0n) is 15.1. The second kappa shape index (κ2) is 6.28. The van der Waals surface area contributed by atoms with Crippen LogP contribution in [-0.2, 0) is 4.74 Å². The normalized spacial score (nSPS) is 11.6. The quantitative estimate of drug-likeness (QED) is 0.502. The van der Waals surface area contributed by atoms with Crippen LogP contribution >= 0.6 is 11.6 Å². The number of nitrogens with one attached hydrogen (secondary N) is 1. The number of hydrogen-bond acceptors (Lipinski definition) is 4. The van der Waals surface area contributed by atoms with Crippen LogP contribution < -0.4 is 9.63 Å². The number of aromatic nitrogens is 2. The Kier molecular flexibility index (Phi) is 4.36. The molecule has 2 aromatic heterocycles. The van der Waals surface area contributed by atoms with E-state index in [9.17, 15) is 19.7 Å². The van der Waals surface area contributed by atoms with Gasteiger partial charge < -0.3 is 9.94 Å². The molecule has 0 unspecified atom stereocenters. The SMILES string of the molecule is CN(C(=O)OC(C)(C)C)c1cc(F)c(C#N)c2c1[nH]c1c2cc(Cl)c[n+]1[O-]. The Morgan fingerprint density at radius 2 is 2.11 bits per heavy atom. The third-order valence-electron chi connectivity index (χ3n) is 3.91. The second-order valence-electron chi connectivity index (χ2n) is 7.03. The van der Waals surface area contributed by atoms with Gasteiger partial charge in [-0.2, -0.15) is 5.26 Å². The van der Waals surface area contributed by atoms with Gasteiger partial charge in [-0.25, -0.2) is 18.9 Å². The number of H-pyrrole nitrogens is 1. The molecule has 0 atom stereocenters. The number of halogens is 2. The molecule has 0 aliphatic heterocycles. The maximum absolute atomic E-state index is 14.6. The lowest BCUT2D eigenvalue weighted by Gasteiger charge is -2.24. The van der Waals surface area contributed by atoms with Crippen molar-refractivity contribution in [1.29, 1.82) is 5.26 Å². The highest BCUT2D eigenvalue weighted by Gasteiger charge is 2.28. The molecule has 2 heterocycles. The van der Waals surface area contributed by atoms with Crippen molar-refractivity contribution < 1.29 is 18.7 Å². The molecular formula is C18H16ClFN4O3. The number of carbonyl (C=O) groups excluding carboxylic acids is 1. The predicted octanol–water partition coefficient (Wildman–Crippen LogP) is 3.99. The molecule has 3 aromatic rings. The van der Waals surface area contributed by atoms with Crippen molar-refractivity contribution >= 4 is 45.3 Å². The van der Waals surface area contributed by atoms with Crippen LogP contribution in [0.2, 0.25) is 5.02 Å². The van der Waals surface area contributed by atoms with Gasteiger partial charge in [-0.15, -0.1) is 0 Å². The van der Waals surface area contributed by atoms with E-state index in [2.05, 4.69) is 4.98 Å². The summed E-state index contributed by atoms with van der Waals surface area (Å²) in [7, 11) is 1.41. The van der Waals surface area contributed by atoms with E-state index in [0.717, 1.165) is 17.2 Å². The molecule has 9 heteroatoms. The molecule has 0 saturated heterocycles. The average molecular weight is 391 g/mol. The van der Waals surface area contributed by atoms with E-state index in [1.807, 2.05) is 0 Å². The number of nitriles is 1. The molecule has 1 aromatic carbocycles. The van der Waals surface area contributed by atoms with Gasteiger partial charge in [0.25, 0.3) is 5.65 Å². The van der Waals surface area contributed by atoms with Crippen molar-refractivity contribution in [1.82, 2.24) is 4.98 Å². The number of benzene rings is 1. The van der Waals surface area contributed by atoms with Crippen LogP contribution in [0, 0.1) is 22.4 Å². The molecule has 0 radical (unpaired) electrons. The number of nitrogens with zero attached hydrogens (tertiary/aromatic N) is 3. The third kappa shape index (κ3) is 3.22. The van der Waals surface area contributed by atoms with E-state index in [1.54, 1.807) is 26.8 Å². The molecule has 7 nitrogen and oxygen atoms in total. The van der Waals surface area contributed by atoms with Crippen LogP contribution in [0.5, 0.6) is 0 Å². The van der Waals surface area contributed by atoms with E-state index in [-0.39, 0.29) is 38.2 Å². The first kappa shape index (κ1) is 18.7. The molecule has 27 heavy (non-hydrogen) atoms. The third-order valence-corrected chi connectivity index (χ3v) is 4.12. The standard InChI is InChI=1S/C18H16ClFN4O3/c1-18(2,3)27-17(25)23(4)13-6-12(20)11(7-21)14-10-5-9(19)8-24(26)16(10)22-15(13)14/h5-6,8,22H,1-4H3.